The Balaban J connectivity index is 1.64. The van der Waals surface area contributed by atoms with E-state index in [1.807, 2.05) is 4.72 Å². The van der Waals surface area contributed by atoms with Crippen LogP contribution in [0.1, 0.15) is 20.7 Å². The van der Waals surface area contributed by atoms with E-state index in [0.717, 1.165) is 0 Å². The van der Waals surface area contributed by atoms with Crippen LogP contribution in [0.3, 0.4) is 0 Å². The van der Waals surface area contributed by atoms with Crippen molar-refractivity contribution in [2.75, 3.05) is 6.54 Å². The van der Waals surface area contributed by atoms with Crippen LogP contribution in [0.15, 0.2) is 41.8 Å². The summed E-state index contributed by atoms with van der Waals surface area (Å²) >= 11 is 0. The van der Waals surface area contributed by atoms with Crippen LogP contribution < -0.4 is 4.72 Å². The molecule has 1 aliphatic heterocycles. The van der Waals surface area contributed by atoms with Gasteiger partial charge in [-0.25, -0.2) is 18.2 Å². The Bertz CT molecular complexity index is 946. The molecular formula is C14H12N4O6S. The van der Waals surface area contributed by atoms with E-state index < -0.39 is 34.4 Å². The first-order valence-corrected chi connectivity index (χ1v) is 8.44. The lowest BCUT2D eigenvalue weighted by Crippen LogP contribution is -2.38. The van der Waals surface area contributed by atoms with Crippen LogP contribution in [-0.2, 0) is 26.7 Å². The van der Waals surface area contributed by atoms with Gasteiger partial charge in [-0.1, -0.05) is 17.2 Å². The Labute approximate surface area is 142 Å². The zero-order chi connectivity index (χ0) is 18.2. The highest BCUT2D eigenvalue weighted by molar-refractivity contribution is 7.89. The van der Waals surface area contributed by atoms with Crippen molar-refractivity contribution in [3.05, 3.63) is 47.9 Å². The second-order valence-electron chi connectivity index (χ2n) is 5.12. The lowest BCUT2D eigenvalue weighted by atomic mass is 10.1. The number of hydrogen-bond acceptors (Lipinski definition) is 7. The van der Waals surface area contributed by atoms with Gasteiger partial charge in [0.15, 0.2) is 5.03 Å². The predicted octanol–water partition coefficient (Wildman–Crippen LogP) is -0.547. The number of rotatable bonds is 5. The topological polar surface area (TPSA) is 128 Å². The zero-order valence-corrected chi connectivity index (χ0v) is 13.7. The number of sulfonamides is 1. The summed E-state index contributed by atoms with van der Waals surface area (Å²) in [6.07, 6.45) is 2.53. The number of nitrogens with zero attached hydrogens (tertiary/aromatic N) is 3. The number of carbonyl (C=O) groups is 3. The summed E-state index contributed by atoms with van der Waals surface area (Å²) in [5.74, 6) is -2.70. The number of aromatic nitrogens is 2. The molecule has 2 heterocycles. The molecule has 1 aromatic carbocycles. The number of nitrogens with one attached hydrogen (secondary N) is 1. The fourth-order valence-electron chi connectivity index (χ4n) is 2.14. The van der Waals surface area contributed by atoms with E-state index in [2.05, 4.69) is 4.98 Å². The van der Waals surface area contributed by atoms with E-state index in [1.165, 1.54) is 29.2 Å². The molecule has 0 radical (unpaired) electrons. The summed E-state index contributed by atoms with van der Waals surface area (Å²) in [5, 5.41) is 0.0331. The largest absolute Gasteiger partial charge is 0.347 e. The second-order valence-corrected chi connectivity index (χ2v) is 6.83. The molecule has 0 saturated heterocycles. The molecule has 1 N–H and O–H groups in total. The fraction of sp³-hybridized carbons (Fsp3) is 0.143. The highest BCUT2D eigenvalue weighted by Crippen LogP contribution is 2.22. The van der Waals surface area contributed by atoms with Gasteiger partial charge in [-0.3, -0.25) is 9.59 Å². The smallest absolute Gasteiger partial charge is 0.339 e. The normalized spacial score (nSPS) is 13.9. The molecule has 1 aromatic heterocycles. The van der Waals surface area contributed by atoms with Gasteiger partial charge in [0, 0.05) is 13.2 Å². The molecule has 10 nitrogen and oxygen atoms in total. The minimum absolute atomic E-state index is 0.106. The molecule has 1 aliphatic rings. The lowest BCUT2D eigenvalue weighted by molar-refractivity contribution is -0.166. The van der Waals surface area contributed by atoms with Gasteiger partial charge in [-0.2, -0.15) is 4.72 Å². The van der Waals surface area contributed by atoms with Crippen molar-refractivity contribution in [2.45, 2.75) is 5.03 Å². The Morgan fingerprint density at radius 2 is 1.80 bits per heavy atom. The van der Waals surface area contributed by atoms with Gasteiger partial charge >= 0.3 is 5.97 Å². The molecule has 0 fully saturated rings. The average Bonchev–Trinajstić information content (AvgIpc) is 3.12. The van der Waals surface area contributed by atoms with Crippen molar-refractivity contribution in [1.82, 2.24) is 19.3 Å². The quantitative estimate of drug-likeness (QED) is 0.705. The number of imidazole rings is 1. The van der Waals surface area contributed by atoms with Crippen molar-refractivity contribution < 1.29 is 27.6 Å². The lowest BCUT2D eigenvalue weighted by Gasteiger charge is -2.12. The molecule has 0 bridgehead atoms. The van der Waals surface area contributed by atoms with Crippen LogP contribution in [0.25, 0.3) is 0 Å². The van der Waals surface area contributed by atoms with Gasteiger partial charge in [-0.05, 0) is 12.1 Å². The second kappa shape index (κ2) is 6.11. The summed E-state index contributed by atoms with van der Waals surface area (Å²) in [5.41, 5.74) is 0.212. The monoisotopic (exact) mass is 364 g/mol. The minimum atomic E-state index is -4.02. The molecule has 25 heavy (non-hydrogen) atoms. The summed E-state index contributed by atoms with van der Waals surface area (Å²) in [6.45, 7) is -0.772. The van der Waals surface area contributed by atoms with Crippen LogP contribution in [0.2, 0.25) is 0 Å². The van der Waals surface area contributed by atoms with Gasteiger partial charge in [0.25, 0.3) is 21.8 Å². The molecule has 130 valence electrons. The Morgan fingerprint density at radius 1 is 1.20 bits per heavy atom. The molecular weight excluding hydrogens is 352 g/mol. The van der Waals surface area contributed by atoms with E-state index in [-0.39, 0.29) is 16.2 Å². The Kier molecular flexibility index (Phi) is 4.10. The maximum absolute atomic E-state index is 12.0. The molecule has 0 atom stereocenters. The molecule has 11 heteroatoms. The first-order valence-electron chi connectivity index (χ1n) is 6.96. The maximum atomic E-state index is 12.0. The third kappa shape index (κ3) is 3.14. The maximum Gasteiger partial charge on any atom is 0.347 e. The van der Waals surface area contributed by atoms with Crippen molar-refractivity contribution in [3.8, 4) is 0 Å². The SMILES string of the molecule is Cn1cnc(S(=O)(=O)NCC(=O)ON2C(=O)c3ccccc3C2=O)c1. The number of benzene rings is 1. The highest BCUT2D eigenvalue weighted by atomic mass is 32.2. The van der Waals surface area contributed by atoms with Crippen LogP contribution >= 0.6 is 0 Å². The van der Waals surface area contributed by atoms with E-state index in [9.17, 15) is 22.8 Å². The summed E-state index contributed by atoms with van der Waals surface area (Å²) in [4.78, 5) is 44.3. The minimum Gasteiger partial charge on any atom is -0.339 e. The fourth-order valence-corrected chi connectivity index (χ4v) is 3.09. The number of carbonyl (C=O) groups excluding carboxylic acids is 3. The van der Waals surface area contributed by atoms with Gasteiger partial charge in [-0.15, -0.1) is 0 Å². The molecule has 2 amide bonds. The molecule has 2 aromatic rings. The average molecular weight is 364 g/mol. The van der Waals surface area contributed by atoms with E-state index in [1.54, 1.807) is 19.2 Å². The number of aryl methyl sites for hydroxylation is 1. The first kappa shape index (κ1) is 16.8. The third-order valence-electron chi connectivity index (χ3n) is 3.31. The van der Waals surface area contributed by atoms with E-state index in [4.69, 9.17) is 4.84 Å². The molecule has 0 spiro atoms. The molecule has 0 unspecified atom stereocenters. The predicted molar refractivity (Wildman–Crippen MR) is 81.4 cm³/mol. The molecule has 0 saturated carbocycles. The van der Waals surface area contributed by atoms with Crippen molar-refractivity contribution in [1.29, 1.82) is 0 Å². The van der Waals surface area contributed by atoms with Crippen molar-refractivity contribution in [2.24, 2.45) is 7.05 Å². The number of fused-ring (bicyclic) bond motifs is 1. The van der Waals surface area contributed by atoms with Crippen molar-refractivity contribution >= 4 is 27.8 Å². The van der Waals surface area contributed by atoms with Gasteiger partial charge in [0.05, 0.1) is 17.5 Å². The van der Waals surface area contributed by atoms with E-state index >= 15 is 0 Å². The summed E-state index contributed by atoms with van der Waals surface area (Å²) in [6, 6.07) is 5.98. The molecule has 3 rings (SSSR count). The number of hydroxylamine groups is 2. The van der Waals surface area contributed by atoms with Crippen LogP contribution in [0.4, 0.5) is 0 Å². The molecule has 0 aliphatic carbocycles. The van der Waals surface area contributed by atoms with E-state index in [0.29, 0.717) is 5.06 Å². The number of hydrogen-bond donors (Lipinski definition) is 1. The van der Waals surface area contributed by atoms with Crippen LogP contribution in [-0.4, -0.2) is 47.4 Å². The first-order chi connectivity index (χ1) is 11.8. The third-order valence-corrected chi connectivity index (χ3v) is 4.60. The van der Waals surface area contributed by atoms with Gasteiger partial charge < -0.3 is 9.40 Å². The Hall–Kier alpha value is -3.05. The highest BCUT2D eigenvalue weighted by Gasteiger charge is 2.38. The van der Waals surface area contributed by atoms with Crippen LogP contribution in [0, 0.1) is 0 Å². The van der Waals surface area contributed by atoms with Crippen LogP contribution in [0.5, 0.6) is 0 Å². The summed E-state index contributed by atoms with van der Waals surface area (Å²) < 4.78 is 27.3. The Morgan fingerprint density at radius 3 is 2.32 bits per heavy atom. The number of imide groups is 1. The zero-order valence-electron chi connectivity index (χ0n) is 12.9. The van der Waals surface area contributed by atoms with Gasteiger partial charge in [0.1, 0.15) is 6.54 Å². The number of amides is 2. The summed E-state index contributed by atoms with van der Waals surface area (Å²) in [7, 11) is -2.43. The van der Waals surface area contributed by atoms with Gasteiger partial charge in [0.2, 0.25) is 0 Å². The standard InChI is InChI=1S/C14H12N4O6S/c1-17-7-11(15-8-17)25(22,23)16-6-12(19)24-18-13(20)9-4-2-3-5-10(9)14(18)21/h2-5,7-8,16H,6H2,1H3. The van der Waals surface area contributed by atoms with Crippen molar-refractivity contribution in [3.63, 3.8) is 0 Å².